The lowest BCUT2D eigenvalue weighted by molar-refractivity contribution is 0.0904. The molecule has 0 atom stereocenters. The third kappa shape index (κ3) is 4.77. The van der Waals surface area contributed by atoms with Gasteiger partial charge in [0.05, 0.1) is 33.5 Å². The summed E-state index contributed by atoms with van der Waals surface area (Å²) in [4.78, 5) is 37.8. The fraction of sp³-hybridized carbons (Fsp3) is 0.310. The van der Waals surface area contributed by atoms with E-state index in [4.69, 9.17) is 11.6 Å². The summed E-state index contributed by atoms with van der Waals surface area (Å²) < 4.78 is 30.3. The molecule has 1 aliphatic carbocycles. The number of carbonyl (C=O) groups is 1. The second kappa shape index (κ2) is 10.5. The van der Waals surface area contributed by atoms with Crippen molar-refractivity contribution in [2.24, 2.45) is 5.92 Å². The van der Waals surface area contributed by atoms with Crippen LogP contribution in [0.4, 0.5) is 8.78 Å². The Kier molecular flexibility index (Phi) is 6.87. The molecule has 0 bridgehead atoms. The van der Waals surface area contributed by atoms with Gasteiger partial charge in [0, 0.05) is 30.4 Å². The van der Waals surface area contributed by atoms with Crippen LogP contribution in [0.2, 0.25) is 5.02 Å². The number of para-hydroxylation sites is 2. The average Bonchev–Trinajstić information content (AvgIpc) is 3.45. The molecular formula is C29H27ClF2N6O2. The standard InChI is InChI=1S/C29H27ClF2N6O2/c1-16-12-34-27-21(16)11-20(14-35-27)38-24-5-3-2-4-23(24)37(29(38)40)15-17-6-8-19(9-7-17)36-28(39)22-10-18(30)13-33-25(22)26(31)32/h2-5,10-14,17,19,26H,6-9,15H2,1H3,(H,34,35)(H,36,39)/t17-,19-. The number of hydrogen-bond acceptors (Lipinski definition) is 4. The average molecular weight is 565 g/mol. The number of imidazole rings is 1. The monoisotopic (exact) mass is 564 g/mol. The van der Waals surface area contributed by atoms with Crippen molar-refractivity contribution in [3.8, 4) is 5.69 Å². The first kappa shape index (κ1) is 26.2. The molecule has 6 rings (SSSR count). The Morgan fingerprint density at radius 2 is 1.88 bits per heavy atom. The molecule has 4 aromatic heterocycles. The predicted molar refractivity (Wildman–Crippen MR) is 149 cm³/mol. The van der Waals surface area contributed by atoms with Crippen molar-refractivity contribution in [3.63, 3.8) is 0 Å². The Balaban J connectivity index is 1.20. The van der Waals surface area contributed by atoms with E-state index >= 15 is 0 Å². The molecule has 1 fully saturated rings. The van der Waals surface area contributed by atoms with Crippen molar-refractivity contribution in [2.45, 2.75) is 51.6 Å². The normalized spacial score (nSPS) is 17.6. The van der Waals surface area contributed by atoms with Crippen molar-refractivity contribution >= 4 is 39.6 Å². The number of amides is 1. The highest BCUT2D eigenvalue weighted by Crippen LogP contribution is 2.29. The number of halogens is 3. The quantitative estimate of drug-likeness (QED) is 0.266. The number of aryl methyl sites for hydroxylation is 1. The highest BCUT2D eigenvalue weighted by atomic mass is 35.5. The molecule has 4 heterocycles. The molecule has 2 N–H and O–H groups in total. The molecular weight excluding hydrogens is 538 g/mol. The Bertz CT molecular complexity index is 1780. The van der Waals surface area contributed by atoms with Gasteiger partial charge in [-0.3, -0.25) is 18.9 Å². The minimum Gasteiger partial charge on any atom is -0.349 e. The molecule has 1 aromatic carbocycles. The van der Waals surface area contributed by atoms with E-state index in [0.717, 1.165) is 46.7 Å². The molecule has 5 aromatic rings. The highest BCUT2D eigenvalue weighted by Gasteiger charge is 2.27. The lowest BCUT2D eigenvalue weighted by atomic mass is 9.85. The summed E-state index contributed by atoms with van der Waals surface area (Å²) >= 11 is 5.90. The van der Waals surface area contributed by atoms with Crippen LogP contribution in [0.3, 0.4) is 0 Å². The maximum absolute atomic E-state index is 13.8. The van der Waals surface area contributed by atoms with Crippen molar-refractivity contribution in [3.05, 3.63) is 87.3 Å². The van der Waals surface area contributed by atoms with E-state index in [2.05, 4.69) is 20.3 Å². The van der Waals surface area contributed by atoms with Gasteiger partial charge in [0.2, 0.25) is 0 Å². The number of benzene rings is 1. The van der Waals surface area contributed by atoms with Crippen LogP contribution < -0.4 is 11.0 Å². The van der Waals surface area contributed by atoms with Gasteiger partial charge in [0.1, 0.15) is 11.3 Å². The summed E-state index contributed by atoms with van der Waals surface area (Å²) in [6, 6.07) is 10.8. The zero-order chi connectivity index (χ0) is 28.0. The first-order valence-electron chi connectivity index (χ1n) is 13.2. The van der Waals surface area contributed by atoms with Crippen LogP contribution in [0.1, 0.15) is 53.7 Å². The van der Waals surface area contributed by atoms with Crippen LogP contribution in [0.25, 0.3) is 27.8 Å². The van der Waals surface area contributed by atoms with Gasteiger partial charge in [-0.15, -0.1) is 0 Å². The number of fused-ring (bicyclic) bond motifs is 2. The maximum Gasteiger partial charge on any atom is 0.333 e. The van der Waals surface area contributed by atoms with Crippen molar-refractivity contribution in [2.75, 3.05) is 0 Å². The minimum absolute atomic E-state index is 0.126. The molecule has 0 unspecified atom stereocenters. The number of nitrogens with zero attached hydrogens (tertiary/aromatic N) is 4. The number of carbonyl (C=O) groups excluding carboxylic acids is 1. The number of pyridine rings is 2. The molecule has 206 valence electrons. The number of hydrogen-bond donors (Lipinski definition) is 2. The molecule has 1 saturated carbocycles. The van der Waals surface area contributed by atoms with Gasteiger partial charge in [-0.25, -0.2) is 18.6 Å². The van der Waals surface area contributed by atoms with Crippen molar-refractivity contribution < 1.29 is 13.6 Å². The molecule has 8 nitrogen and oxygen atoms in total. The number of aromatic nitrogens is 5. The van der Waals surface area contributed by atoms with Gasteiger partial charge < -0.3 is 10.3 Å². The second-order valence-electron chi connectivity index (χ2n) is 10.4. The molecule has 1 amide bonds. The van der Waals surface area contributed by atoms with Crippen LogP contribution >= 0.6 is 11.6 Å². The third-order valence-corrected chi connectivity index (χ3v) is 7.98. The van der Waals surface area contributed by atoms with E-state index in [1.807, 2.05) is 48.0 Å². The Morgan fingerprint density at radius 3 is 2.62 bits per heavy atom. The topological polar surface area (TPSA) is 97.6 Å². The lowest BCUT2D eigenvalue weighted by Gasteiger charge is -2.29. The van der Waals surface area contributed by atoms with Gasteiger partial charge in [-0.1, -0.05) is 23.7 Å². The highest BCUT2D eigenvalue weighted by molar-refractivity contribution is 6.30. The lowest BCUT2D eigenvalue weighted by Crippen LogP contribution is -2.39. The summed E-state index contributed by atoms with van der Waals surface area (Å²) in [7, 11) is 0. The third-order valence-electron chi connectivity index (χ3n) is 7.78. The van der Waals surface area contributed by atoms with E-state index < -0.39 is 18.0 Å². The second-order valence-corrected chi connectivity index (χ2v) is 10.8. The predicted octanol–water partition coefficient (Wildman–Crippen LogP) is 5.95. The minimum atomic E-state index is -2.88. The summed E-state index contributed by atoms with van der Waals surface area (Å²) in [6.07, 6.45) is 4.75. The SMILES string of the molecule is Cc1c[nH]c2ncc(-n3c(=O)n(C[C@H]4CC[C@H](NC(=O)c5cc(Cl)cnc5C(F)F)CC4)c4ccccc43)cc12. The zero-order valence-electron chi connectivity index (χ0n) is 21.7. The Hall–Kier alpha value is -4.05. The molecule has 0 aliphatic heterocycles. The first-order chi connectivity index (χ1) is 19.3. The van der Waals surface area contributed by atoms with Crippen LogP contribution in [-0.2, 0) is 6.54 Å². The summed E-state index contributed by atoms with van der Waals surface area (Å²) in [5.74, 6) is -0.377. The summed E-state index contributed by atoms with van der Waals surface area (Å²) in [6.45, 7) is 2.54. The van der Waals surface area contributed by atoms with Crippen LogP contribution in [0.15, 0.2) is 59.8 Å². The van der Waals surface area contributed by atoms with Gasteiger partial charge in [-0.05, 0) is 68.4 Å². The fourth-order valence-electron chi connectivity index (χ4n) is 5.70. The first-order valence-corrected chi connectivity index (χ1v) is 13.6. The molecule has 0 spiro atoms. The molecule has 0 radical (unpaired) electrons. The molecule has 1 aliphatic rings. The molecule has 40 heavy (non-hydrogen) atoms. The molecule has 0 saturated heterocycles. The Morgan fingerprint density at radius 1 is 1.12 bits per heavy atom. The van der Waals surface area contributed by atoms with Gasteiger partial charge in [-0.2, -0.15) is 0 Å². The van der Waals surface area contributed by atoms with E-state index in [0.29, 0.717) is 25.1 Å². The number of nitrogens with one attached hydrogen (secondary N) is 2. The summed E-state index contributed by atoms with van der Waals surface area (Å²) in [5.41, 5.74) is 3.30. The molecule has 11 heteroatoms. The smallest absolute Gasteiger partial charge is 0.333 e. The summed E-state index contributed by atoms with van der Waals surface area (Å²) in [5, 5.41) is 3.97. The van der Waals surface area contributed by atoms with Crippen molar-refractivity contribution in [1.29, 1.82) is 0 Å². The number of aromatic amines is 1. The van der Waals surface area contributed by atoms with E-state index in [1.165, 1.54) is 6.07 Å². The van der Waals surface area contributed by atoms with Gasteiger partial charge in [0.15, 0.2) is 0 Å². The van der Waals surface area contributed by atoms with Crippen LogP contribution in [-0.4, -0.2) is 36.0 Å². The largest absolute Gasteiger partial charge is 0.349 e. The number of rotatable bonds is 6. The van der Waals surface area contributed by atoms with Crippen LogP contribution in [0.5, 0.6) is 0 Å². The number of H-pyrrole nitrogens is 1. The fourth-order valence-corrected chi connectivity index (χ4v) is 5.85. The van der Waals surface area contributed by atoms with Crippen molar-refractivity contribution in [1.82, 2.24) is 29.4 Å². The Labute approximate surface area is 233 Å². The van der Waals surface area contributed by atoms with E-state index in [9.17, 15) is 18.4 Å². The number of alkyl halides is 2. The zero-order valence-corrected chi connectivity index (χ0v) is 22.5. The van der Waals surface area contributed by atoms with E-state index in [1.54, 1.807) is 10.8 Å². The van der Waals surface area contributed by atoms with E-state index in [-0.39, 0.29) is 28.2 Å². The van der Waals surface area contributed by atoms with Crippen LogP contribution in [0, 0.1) is 12.8 Å². The van der Waals surface area contributed by atoms with Gasteiger partial charge >= 0.3 is 5.69 Å². The van der Waals surface area contributed by atoms with Gasteiger partial charge in [0.25, 0.3) is 12.3 Å². The maximum atomic E-state index is 13.8.